The fraction of sp³-hybridized carbons (Fsp3) is 0. The summed E-state index contributed by atoms with van der Waals surface area (Å²) in [5, 5.41) is 6.65. The summed E-state index contributed by atoms with van der Waals surface area (Å²) in [6, 6.07) is 66.9. The molecule has 0 saturated carbocycles. The molecule has 0 saturated heterocycles. The molecule has 0 atom stereocenters. The van der Waals surface area contributed by atoms with E-state index in [1.165, 1.54) is 0 Å². The number of fused-ring (bicyclic) bond motifs is 3. The van der Waals surface area contributed by atoms with Gasteiger partial charge in [0.05, 0.1) is 22.8 Å². The van der Waals surface area contributed by atoms with Gasteiger partial charge in [-0.05, 0) is 91.0 Å². The summed E-state index contributed by atoms with van der Waals surface area (Å²) in [6.45, 7) is 0. The van der Waals surface area contributed by atoms with Crippen molar-refractivity contribution in [2.24, 2.45) is 0 Å². The van der Waals surface area contributed by atoms with Crippen LogP contribution < -0.4 is 0 Å². The largest absolute Gasteiger partial charge is 0.255 e. The Kier molecular flexibility index (Phi) is 8.71. The van der Waals surface area contributed by atoms with E-state index >= 15 is 0 Å². The van der Waals surface area contributed by atoms with Crippen LogP contribution in [0.3, 0.4) is 0 Å². The molecule has 6 heteroatoms. The molecular formula is C54H34N6. The highest BCUT2D eigenvalue weighted by Crippen LogP contribution is 2.46. The van der Waals surface area contributed by atoms with E-state index in [1.54, 1.807) is 12.4 Å². The third-order valence-electron chi connectivity index (χ3n) is 11.0. The smallest absolute Gasteiger partial charge is 0.165 e. The highest BCUT2D eigenvalue weighted by atomic mass is 15.0. The minimum atomic E-state index is 0.631. The van der Waals surface area contributed by atoms with Crippen molar-refractivity contribution in [2.45, 2.75) is 0 Å². The maximum absolute atomic E-state index is 5.22. The minimum Gasteiger partial charge on any atom is -0.255 e. The molecule has 0 unspecified atom stereocenters. The summed E-state index contributed by atoms with van der Waals surface area (Å²) < 4.78 is 0. The Balaban J connectivity index is 1.15. The van der Waals surface area contributed by atoms with E-state index < -0.39 is 0 Å². The third kappa shape index (κ3) is 6.24. The van der Waals surface area contributed by atoms with Gasteiger partial charge in [-0.2, -0.15) is 0 Å². The molecule has 4 heterocycles. The Morgan fingerprint density at radius 3 is 1.13 bits per heavy atom. The van der Waals surface area contributed by atoms with Gasteiger partial charge in [0.2, 0.25) is 0 Å². The van der Waals surface area contributed by atoms with E-state index in [4.69, 9.17) is 19.9 Å². The first-order chi connectivity index (χ1) is 29.8. The van der Waals surface area contributed by atoms with Gasteiger partial charge in [0, 0.05) is 29.1 Å². The first-order valence-electron chi connectivity index (χ1n) is 19.9. The summed E-state index contributed by atoms with van der Waals surface area (Å²) >= 11 is 0. The molecule has 0 aliphatic carbocycles. The van der Waals surface area contributed by atoms with Crippen molar-refractivity contribution < 1.29 is 0 Å². The van der Waals surface area contributed by atoms with E-state index in [0.29, 0.717) is 17.5 Å². The molecule has 7 aromatic carbocycles. The molecule has 0 amide bonds. The van der Waals surface area contributed by atoms with Crippen LogP contribution in [0.1, 0.15) is 0 Å². The molecule has 0 fully saturated rings. The van der Waals surface area contributed by atoms with Gasteiger partial charge >= 0.3 is 0 Å². The Morgan fingerprint density at radius 2 is 0.650 bits per heavy atom. The Morgan fingerprint density at radius 1 is 0.250 bits per heavy atom. The molecule has 60 heavy (non-hydrogen) atoms. The predicted octanol–water partition coefficient (Wildman–Crippen LogP) is 13.2. The number of hydrogen-bond acceptors (Lipinski definition) is 6. The summed E-state index contributed by atoms with van der Waals surface area (Å²) in [5.74, 6) is 1.89. The number of benzene rings is 7. The van der Waals surface area contributed by atoms with Crippen LogP contribution in [0, 0.1) is 0 Å². The SMILES string of the molecule is c1ccc(-c2nc(-c3ccccc3)nc(-c3c4ccccc4c(-c4ccc(-c5cc(-c6ccccn6)nc(-c6ccccn6)c5)c5ccccc45)c4ccccc34)n2)cc1. The van der Waals surface area contributed by atoms with Crippen molar-refractivity contribution >= 4 is 32.3 Å². The molecule has 11 rings (SSSR count). The predicted molar refractivity (Wildman–Crippen MR) is 244 cm³/mol. The zero-order valence-electron chi connectivity index (χ0n) is 32.3. The molecule has 0 spiro atoms. The lowest BCUT2D eigenvalue weighted by Gasteiger charge is -2.19. The molecule has 0 N–H and O–H groups in total. The van der Waals surface area contributed by atoms with Gasteiger partial charge in [-0.3, -0.25) is 9.97 Å². The van der Waals surface area contributed by atoms with Gasteiger partial charge in [0.25, 0.3) is 0 Å². The Bertz CT molecular complexity index is 3180. The number of aromatic nitrogens is 6. The van der Waals surface area contributed by atoms with E-state index in [1.807, 2.05) is 97.1 Å². The van der Waals surface area contributed by atoms with Crippen molar-refractivity contribution in [1.29, 1.82) is 0 Å². The first-order valence-corrected chi connectivity index (χ1v) is 19.9. The zero-order chi connectivity index (χ0) is 39.8. The maximum Gasteiger partial charge on any atom is 0.165 e. The summed E-state index contributed by atoms with van der Waals surface area (Å²) in [7, 11) is 0. The van der Waals surface area contributed by atoms with E-state index in [-0.39, 0.29) is 0 Å². The normalized spacial score (nSPS) is 11.3. The molecule has 280 valence electrons. The van der Waals surface area contributed by atoms with Crippen molar-refractivity contribution in [2.75, 3.05) is 0 Å². The van der Waals surface area contributed by atoms with E-state index in [9.17, 15) is 0 Å². The molecule has 0 aliphatic heterocycles. The molecule has 6 nitrogen and oxygen atoms in total. The average molecular weight is 767 g/mol. The lowest BCUT2D eigenvalue weighted by Crippen LogP contribution is -2.01. The van der Waals surface area contributed by atoms with Crippen LogP contribution in [-0.4, -0.2) is 29.9 Å². The highest BCUT2D eigenvalue weighted by molar-refractivity contribution is 6.23. The van der Waals surface area contributed by atoms with Crippen LogP contribution in [-0.2, 0) is 0 Å². The van der Waals surface area contributed by atoms with Crippen molar-refractivity contribution in [3.8, 4) is 79.2 Å². The summed E-state index contributed by atoms with van der Waals surface area (Å²) in [5.41, 5.74) is 10.5. The lowest BCUT2D eigenvalue weighted by molar-refractivity contribution is 1.08. The number of rotatable bonds is 7. The molecule has 11 aromatic rings. The fourth-order valence-corrected chi connectivity index (χ4v) is 8.33. The summed E-state index contributed by atoms with van der Waals surface area (Å²) in [4.78, 5) is 29.8. The molecule has 4 aromatic heterocycles. The van der Waals surface area contributed by atoms with Gasteiger partial charge in [0.1, 0.15) is 0 Å². The second kappa shape index (κ2) is 14.9. The van der Waals surface area contributed by atoms with E-state index in [2.05, 4.69) is 107 Å². The minimum absolute atomic E-state index is 0.631. The van der Waals surface area contributed by atoms with Crippen LogP contribution >= 0.6 is 0 Å². The molecule has 0 radical (unpaired) electrons. The second-order valence-corrected chi connectivity index (χ2v) is 14.6. The van der Waals surface area contributed by atoms with Crippen molar-refractivity contribution in [3.63, 3.8) is 0 Å². The van der Waals surface area contributed by atoms with Crippen LogP contribution in [0.4, 0.5) is 0 Å². The molecule has 0 aliphatic rings. The van der Waals surface area contributed by atoms with Crippen LogP contribution in [0.5, 0.6) is 0 Å². The van der Waals surface area contributed by atoms with Crippen molar-refractivity contribution in [3.05, 3.63) is 207 Å². The third-order valence-corrected chi connectivity index (χ3v) is 11.0. The number of pyridine rings is 3. The standard InChI is InChI=1S/C54H34N6/c1-3-17-35(18-4-1)52-58-53(36-19-5-2-6-20-36)60-54(59-52)51-43-25-11-9-23-41(43)50(42-24-10-12-26-44(42)51)45-30-29-38(39-21-7-8-22-40(39)45)37-33-48(46-27-13-15-31-55-46)57-49(34-37)47-28-14-16-32-56-47/h1-34H. The maximum atomic E-state index is 5.22. The van der Waals surface area contributed by atoms with Crippen LogP contribution in [0.25, 0.3) is 112 Å². The Hall–Kier alpha value is -8.22. The first kappa shape index (κ1) is 35.0. The highest BCUT2D eigenvalue weighted by Gasteiger charge is 2.22. The fourth-order valence-electron chi connectivity index (χ4n) is 8.33. The topological polar surface area (TPSA) is 77.3 Å². The average Bonchev–Trinajstić information content (AvgIpc) is 3.34. The van der Waals surface area contributed by atoms with Crippen LogP contribution in [0.2, 0.25) is 0 Å². The molecule has 0 bridgehead atoms. The van der Waals surface area contributed by atoms with Gasteiger partial charge in [-0.25, -0.2) is 19.9 Å². The summed E-state index contributed by atoms with van der Waals surface area (Å²) in [6.07, 6.45) is 3.61. The lowest BCUT2D eigenvalue weighted by atomic mass is 9.85. The van der Waals surface area contributed by atoms with Gasteiger partial charge in [-0.15, -0.1) is 0 Å². The second-order valence-electron chi connectivity index (χ2n) is 14.6. The van der Waals surface area contributed by atoms with Crippen LogP contribution in [0.15, 0.2) is 207 Å². The number of nitrogens with zero attached hydrogens (tertiary/aromatic N) is 6. The van der Waals surface area contributed by atoms with E-state index in [0.717, 1.165) is 94.0 Å². The van der Waals surface area contributed by atoms with Gasteiger partial charge < -0.3 is 0 Å². The monoisotopic (exact) mass is 766 g/mol. The zero-order valence-corrected chi connectivity index (χ0v) is 32.3. The van der Waals surface area contributed by atoms with Crippen molar-refractivity contribution in [1.82, 2.24) is 29.9 Å². The Labute approximate surface area is 346 Å². The quantitative estimate of drug-likeness (QED) is 0.150. The molecular weight excluding hydrogens is 733 g/mol. The van der Waals surface area contributed by atoms with Gasteiger partial charge in [-0.1, -0.05) is 158 Å². The number of hydrogen-bond donors (Lipinski definition) is 0. The van der Waals surface area contributed by atoms with Gasteiger partial charge in [0.15, 0.2) is 17.5 Å².